The fourth-order valence-corrected chi connectivity index (χ4v) is 6.10. The summed E-state index contributed by atoms with van der Waals surface area (Å²) in [5, 5.41) is 0.671. The van der Waals surface area contributed by atoms with Crippen LogP contribution in [0, 0.1) is 5.92 Å². The molecule has 4 rings (SSSR count). The second-order valence-corrected chi connectivity index (χ2v) is 10.7. The predicted octanol–water partition coefficient (Wildman–Crippen LogP) is 3.89. The van der Waals surface area contributed by atoms with Gasteiger partial charge >= 0.3 is 0 Å². The highest BCUT2D eigenvalue weighted by atomic mass is 35.5. The van der Waals surface area contributed by atoms with Crippen molar-refractivity contribution in [1.82, 2.24) is 9.21 Å². The molecule has 0 bridgehead atoms. The van der Waals surface area contributed by atoms with Crippen molar-refractivity contribution < 1.29 is 13.2 Å². The monoisotopic (exact) mass is 446 g/mol. The second kappa shape index (κ2) is 8.69. The van der Waals surface area contributed by atoms with E-state index < -0.39 is 10.0 Å². The van der Waals surface area contributed by atoms with Crippen LogP contribution in [0.3, 0.4) is 0 Å². The number of hydrogen-bond acceptors (Lipinski definition) is 3. The van der Waals surface area contributed by atoms with Gasteiger partial charge in [-0.15, -0.1) is 0 Å². The first kappa shape index (κ1) is 21.3. The Kier molecular flexibility index (Phi) is 6.19. The molecular weight excluding hydrogens is 420 g/mol. The van der Waals surface area contributed by atoms with Crippen LogP contribution >= 0.6 is 11.6 Å². The largest absolute Gasteiger partial charge is 0.341 e. The molecule has 5 nitrogen and oxygen atoms in total. The molecule has 0 aromatic heterocycles. The molecule has 0 N–H and O–H groups in total. The van der Waals surface area contributed by atoms with Crippen LogP contribution in [0.5, 0.6) is 0 Å². The van der Waals surface area contributed by atoms with Gasteiger partial charge in [-0.2, -0.15) is 4.31 Å². The summed E-state index contributed by atoms with van der Waals surface area (Å²) in [6.45, 7) is 1.28. The highest BCUT2D eigenvalue weighted by Crippen LogP contribution is 2.29. The Labute approximate surface area is 183 Å². The van der Waals surface area contributed by atoms with E-state index >= 15 is 0 Å². The molecule has 0 radical (unpaired) electrons. The number of rotatable bonds is 5. The summed E-state index contributed by atoms with van der Waals surface area (Å²) in [6.07, 6.45) is 4.18. The number of carbonyl (C=O) groups is 1. The third-order valence-corrected chi connectivity index (χ3v) is 8.37. The zero-order valence-corrected chi connectivity index (χ0v) is 18.8. The van der Waals surface area contributed by atoms with Crippen LogP contribution in [-0.2, 0) is 34.2 Å². The van der Waals surface area contributed by atoms with Crippen LogP contribution in [-0.4, -0.2) is 43.7 Å². The minimum atomic E-state index is -3.51. The van der Waals surface area contributed by atoms with Crippen molar-refractivity contribution in [2.45, 2.75) is 43.5 Å². The van der Waals surface area contributed by atoms with Crippen LogP contribution in [0.1, 0.15) is 36.0 Å². The summed E-state index contributed by atoms with van der Waals surface area (Å²) in [7, 11) is -1.71. The van der Waals surface area contributed by atoms with E-state index in [0.717, 1.165) is 30.4 Å². The van der Waals surface area contributed by atoms with E-state index in [1.807, 2.05) is 36.4 Å². The predicted molar refractivity (Wildman–Crippen MR) is 118 cm³/mol. The van der Waals surface area contributed by atoms with Crippen molar-refractivity contribution in [1.29, 1.82) is 0 Å². The molecule has 1 saturated heterocycles. The highest BCUT2D eigenvalue weighted by molar-refractivity contribution is 7.89. The molecule has 0 saturated carbocycles. The molecular formula is C23H27ClN2O3S. The van der Waals surface area contributed by atoms with Gasteiger partial charge in [-0.25, -0.2) is 8.42 Å². The number of benzene rings is 2. The van der Waals surface area contributed by atoms with Crippen LogP contribution in [0.15, 0.2) is 47.4 Å². The number of amides is 1. The third kappa shape index (κ3) is 4.41. The first-order valence-electron chi connectivity index (χ1n) is 10.5. The average Bonchev–Trinajstić information content (AvgIpc) is 3.23. The number of hydrogen-bond donors (Lipinski definition) is 0. The molecule has 1 heterocycles. The van der Waals surface area contributed by atoms with Crippen molar-refractivity contribution in [2.24, 2.45) is 5.92 Å². The van der Waals surface area contributed by atoms with E-state index in [2.05, 4.69) is 0 Å². The lowest BCUT2D eigenvalue weighted by Crippen LogP contribution is -2.43. The van der Waals surface area contributed by atoms with Gasteiger partial charge in [0.1, 0.15) is 0 Å². The number of aryl methyl sites for hydroxylation is 2. The van der Waals surface area contributed by atoms with Gasteiger partial charge in [0.05, 0.1) is 4.90 Å². The Morgan fingerprint density at radius 1 is 1.07 bits per heavy atom. The first-order valence-corrected chi connectivity index (χ1v) is 12.3. The smallest absolute Gasteiger partial charge is 0.243 e. The lowest BCUT2D eigenvalue weighted by molar-refractivity contribution is -0.135. The average molecular weight is 447 g/mol. The Bertz CT molecular complexity index is 1030. The lowest BCUT2D eigenvalue weighted by atomic mass is 9.96. The SMILES string of the molecule is CN(Cc1ccc(Cl)cc1)C(=O)C1CCN(S(=O)(=O)c2ccc3c(c2)CCC3)CC1. The molecule has 1 fully saturated rings. The molecule has 1 aliphatic heterocycles. The normalized spacial score (nSPS) is 17.7. The fourth-order valence-electron chi connectivity index (χ4n) is 4.45. The molecule has 2 aromatic carbocycles. The summed E-state index contributed by atoms with van der Waals surface area (Å²) in [5.41, 5.74) is 3.44. The van der Waals surface area contributed by atoms with Crippen molar-refractivity contribution in [2.75, 3.05) is 20.1 Å². The van der Waals surface area contributed by atoms with Crippen molar-refractivity contribution >= 4 is 27.5 Å². The molecule has 7 heteroatoms. The molecule has 0 spiro atoms. The van der Waals surface area contributed by atoms with Crippen LogP contribution < -0.4 is 0 Å². The molecule has 2 aromatic rings. The van der Waals surface area contributed by atoms with Gasteiger partial charge in [0.2, 0.25) is 15.9 Å². The number of halogens is 1. The van der Waals surface area contributed by atoms with Crippen molar-refractivity contribution in [3.05, 3.63) is 64.2 Å². The standard InChI is InChI=1S/C23H27ClN2O3S/c1-25(16-17-5-8-21(24)9-6-17)23(27)19-11-13-26(14-12-19)30(28,29)22-10-7-18-3-2-4-20(18)15-22/h5-10,15,19H,2-4,11-14,16H2,1H3. The van der Waals surface area contributed by atoms with Crippen LogP contribution in [0.2, 0.25) is 5.02 Å². The maximum Gasteiger partial charge on any atom is 0.243 e. The van der Waals surface area contributed by atoms with E-state index in [1.165, 1.54) is 9.87 Å². The summed E-state index contributed by atoms with van der Waals surface area (Å²) in [4.78, 5) is 15.0. The molecule has 1 amide bonds. The fraction of sp³-hybridized carbons (Fsp3) is 0.435. The van der Waals surface area contributed by atoms with Gasteiger partial charge in [0, 0.05) is 37.6 Å². The van der Waals surface area contributed by atoms with E-state index in [-0.39, 0.29) is 11.8 Å². The first-order chi connectivity index (χ1) is 14.3. The maximum absolute atomic E-state index is 13.1. The second-order valence-electron chi connectivity index (χ2n) is 8.28. The number of fused-ring (bicyclic) bond motifs is 1. The minimum Gasteiger partial charge on any atom is -0.341 e. The summed E-state index contributed by atoms with van der Waals surface area (Å²) in [6, 6.07) is 13.0. The Balaban J connectivity index is 1.37. The molecule has 30 heavy (non-hydrogen) atoms. The van der Waals surface area contributed by atoms with Gasteiger partial charge < -0.3 is 4.90 Å². The van der Waals surface area contributed by atoms with Gasteiger partial charge in [-0.1, -0.05) is 29.8 Å². The summed E-state index contributed by atoms with van der Waals surface area (Å²) in [5.74, 6) is -0.0756. The van der Waals surface area contributed by atoms with Gasteiger partial charge in [0.25, 0.3) is 0 Å². The van der Waals surface area contributed by atoms with E-state index in [0.29, 0.717) is 42.4 Å². The van der Waals surface area contributed by atoms with Crippen LogP contribution in [0.25, 0.3) is 0 Å². The zero-order valence-electron chi connectivity index (χ0n) is 17.2. The maximum atomic E-state index is 13.1. The number of carbonyl (C=O) groups excluding carboxylic acids is 1. The van der Waals surface area contributed by atoms with Gasteiger partial charge in [0.15, 0.2) is 0 Å². The molecule has 160 valence electrons. The minimum absolute atomic E-state index is 0.0690. The number of nitrogens with zero attached hydrogens (tertiary/aromatic N) is 2. The van der Waals surface area contributed by atoms with Crippen molar-refractivity contribution in [3.8, 4) is 0 Å². The van der Waals surface area contributed by atoms with Crippen LogP contribution in [0.4, 0.5) is 0 Å². The summed E-state index contributed by atoms with van der Waals surface area (Å²) < 4.78 is 27.7. The Morgan fingerprint density at radius 3 is 2.43 bits per heavy atom. The lowest BCUT2D eigenvalue weighted by Gasteiger charge is -2.32. The Morgan fingerprint density at radius 2 is 1.73 bits per heavy atom. The van der Waals surface area contributed by atoms with Crippen molar-refractivity contribution in [3.63, 3.8) is 0 Å². The molecule has 0 atom stereocenters. The topological polar surface area (TPSA) is 57.7 Å². The third-order valence-electron chi connectivity index (χ3n) is 6.22. The number of piperidine rings is 1. The van der Waals surface area contributed by atoms with E-state index in [1.54, 1.807) is 18.0 Å². The Hall–Kier alpha value is -1.89. The summed E-state index contributed by atoms with van der Waals surface area (Å²) >= 11 is 5.92. The molecule has 2 aliphatic rings. The quantitative estimate of drug-likeness (QED) is 0.700. The molecule has 1 aliphatic carbocycles. The molecule has 0 unspecified atom stereocenters. The highest BCUT2D eigenvalue weighted by Gasteiger charge is 2.33. The van der Waals surface area contributed by atoms with Gasteiger partial charge in [-0.05, 0) is 73.1 Å². The number of sulfonamides is 1. The van der Waals surface area contributed by atoms with E-state index in [4.69, 9.17) is 11.6 Å². The van der Waals surface area contributed by atoms with Gasteiger partial charge in [-0.3, -0.25) is 4.79 Å². The van der Waals surface area contributed by atoms with E-state index in [9.17, 15) is 13.2 Å². The zero-order chi connectivity index (χ0) is 21.3.